The Hall–Kier alpha value is -2.18. The molecule has 0 bridgehead atoms. The number of nitrogens with zero attached hydrogens (tertiary/aromatic N) is 3. The van der Waals surface area contributed by atoms with Crippen LogP contribution in [0.2, 0.25) is 0 Å². The van der Waals surface area contributed by atoms with Crippen LogP contribution >= 0.6 is 0 Å². The van der Waals surface area contributed by atoms with Gasteiger partial charge in [0.25, 0.3) is 0 Å². The van der Waals surface area contributed by atoms with Crippen LogP contribution in [0, 0.1) is 11.8 Å². The molecule has 2 aromatic rings. The lowest BCUT2D eigenvalue weighted by Crippen LogP contribution is -2.39. The first-order valence-corrected chi connectivity index (χ1v) is 9.24. The molecule has 138 valence electrons. The number of benzene rings is 1. The fraction of sp³-hybridized carbons (Fsp3) is 0.500. The second-order valence-corrected chi connectivity index (χ2v) is 7.57. The quantitative estimate of drug-likeness (QED) is 0.912. The molecule has 1 aromatic heterocycles. The van der Waals surface area contributed by atoms with Crippen molar-refractivity contribution in [1.82, 2.24) is 20.1 Å². The van der Waals surface area contributed by atoms with Gasteiger partial charge in [-0.3, -0.25) is 9.88 Å². The normalized spacial score (nSPS) is 25.4. The number of nitrogens with one attached hydrogen (secondary N) is 1. The van der Waals surface area contributed by atoms with E-state index < -0.39 is 0 Å². The number of aromatic nitrogens is 1. The van der Waals surface area contributed by atoms with Gasteiger partial charge in [-0.15, -0.1) is 0 Å². The highest BCUT2D eigenvalue weighted by atomic mass is 16.5. The molecule has 2 fully saturated rings. The summed E-state index contributed by atoms with van der Waals surface area (Å²) in [5.74, 6) is 0.872. The Morgan fingerprint density at radius 1 is 1.27 bits per heavy atom. The number of hydrogen-bond donors (Lipinski definition) is 1. The monoisotopic (exact) mass is 354 g/mol. The topological polar surface area (TPSA) is 57.7 Å². The molecule has 2 aliphatic heterocycles. The second kappa shape index (κ2) is 7.21. The van der Waals surface area contributed by atoms with Gasteiger partial charge in [-0.2, -0.15) is 0 Å². The number of fused-ring (bicyclic) bond motifs is 2. The van der Waals surface area contributed by atoms with Crippen LogP contribution < -0.4 is 5.32 Å². The third-order valence-electron chi connectivity index (χ3n) is 5.48. The predicted molar refractivity (Wildman–Crippen MR) is 101 cm³/mol. The highest BCUT2D eigenvalue weighted by molar-refractivity contribution is 5.78. The van der Waals surface area contributed by atoms with Gasteiger partial charge in [0.2, 0.25) is 0 Å². The summed E-state index contributed by atoms with van der Waals surface area (Å²) in [5, 5.41) is 4.17. The van der Waals surface area contributed by atoms with Crippen LogP contribution in [0.5, 0.6) is 0 Å². The Balaban J connectivity index is 1.36. The Morgan fingerprint density at radius 3 is 2.96 bits per heavy atom. The number of para-hydroxylation sites is 1. The summed E-state index contributed by atoms with van der Waals surface area (Å²) in [7, 11) is 3.52. The summed E-state index contributed by atoms with van der Waals surface area (Å²) in [4.78, 5) is 20.5. The van der Waals surface area contributed by atoms with Gasteiger partial charge < -0.3 is 15.0 Å². The van der Waals surface area contributed by atoms with Crippen molar-refractivity contribution in [2.45, 2.75) is 12.6 Å². The zero-order valence-corrected chi connectivity index (χ0v) is 15.4. The maximum atomic E-state index is 11.8. The number of amides is 2. The van der Waals surface area contributed by atoms with Gasteiger partial charge in [-0.05, 0) is 12.1 Å². The van der Waals surface area contributed by atoms with Crippen LogP contribution in [0.3, 0.4) is 0 Å². The molecule has 0 spiro atoms. The molecular formula is C20H26N4O2. The molecule has 0 unspecified atom stereocenters. The molecule has 2 amide bonds. The fourth-order valence-electron chi connectivity index (χ4n) is 4.02. The lowest BCUT2D eigenvalue weighted by Gasteiger charge is -2.20. The van der Waals surface area contributed by atoms with Gasteiger partial charge >= 0.3 is 6.03 Å². The van der Waals surface area contributed by atoms with Crippen molar-refractivity contribution in [3.63, 3.8) is 0 Å². The largest absolute Gasteiger partial charge is 0.376 e. The predicted octanol–water partition coefficient (Wildman–Crippen LogP) is 1.95. The third-order valence-corrected chi connectivity index (χ3v) is 5.48. The lowest BCUT2D eigenvalue weighted by molar-refractivity contribution is 0.0938. The summed E-state index contributed by atoms with van der Waals surface area (Å²) < 4.78 is 5.99. The SMILES string of the molecule is CN(C)C(=O)NC[C@@H]1CO[C@@H]2CN(Cc3ccc4ccccc4n3)C[C@H]12. The van der Waals surface area contributed by atoms with Gasteiger partial charge in [0.15, 0.2) is 0 Å². The molecule has 0 aliphatic carbocycles. The molecule has 4 rings (SSSR count). The molecule has 26 heavy (non-hydrogen) atoms. The van der Waals surface area contributed by atoms with Gasteiger partial charge in [-0.25, -0.2) is 4.79 Å². The number of carbonyl (C=O) groups is 1. The van der Waals surface area contributed by atoms with Crippen LogP contribution in [0.25, 0.3) is 10.9 Å². The number of ether oxygens (including phenoxy) is 1. The van der Waals surface area contributed by atoms with Crippen molar-refractivity contribution < 1.29 is 9.53 Å². The summed E-state index contributed by atoms with van der Waals surface area (Å²) in [5.41, 5.74) is 2.14. The van der Waals surface area contributed by atoms with Crippen LogP contribution in [0.4, 0.5) is 4.79 Å². The second-order valence-electron chi connectivity index (χ2n) is 7.57. The standard InChI is InChI=1S/C20H26N4O2/c1-23(2)20(25)21-9-15-13-26-19-12-24(11-17(15)19)10-16-8-7-14-5-3-4-6-18(14)22-16/h3-8,15,17,19H,9-13H2,1-2H3,(H,21,25)/t15-,17-,19-/m1/s1. The smallest absolute Gasteiger partial charge is 0.316 e. The van der Waals surface area contributed by atoms with Crippen LogP contribution in [0.15, 0.2) is 36.4 Å². The van der Waals surface area contributed by atoms with E-state index in [2.05, 4.69) is 34.5 Å². The Bertz CT molecular complexity index is 794. The van der Waals surface area contributed by atoms with Crippen molar-refractivity contribution in [3.05, 3.63) is 42.1 Å². The van der Waals surface area contributed by atoms with Crippen molar-refractivity contribution in [3.8, 4) is 0 Å². The van der Waals surface area contributed by atoms with Crippen molar-refractivity contribution in [1.29, 1.82) is 0 Å². The zero-order valence-electron chi connectivity index (χ0n) is 15.4. The Morgan fingerprint density at radius 2 is 2.12 bits per heavy atom. The zero-order chi connectivity index (χ0) is 18.1. The maximum Gasteiger partial charge on any atom is 0.316 e. The van der Waals surface area contributed by atoms with E-state index in [-0.39, 0.29) is 12.1 Å². The van der Waals surface area contributed by atoms with Crippen molar-refractivity contribution in [2.75, 3.05) is 40.3 Å². The summed E-state index contributed by atoms with van der Waals surface area (Å²) in [6.45, 7) is 4.21. The summed E-state index contributed by atoms with van der Waals surface area (Å²) in [6, 6.07) is 12.4. The highest BCUT2D eigenvalue weighted by Gasteiger charge is 2.43. The minimum atomic E-state index is -0.0383. The average molecular weight is 354 g/mol. The van der Waals surface area contributed by atoms with Crippen LogP contribution in [0.1, 0.15) is 5.69 Å². The molecule has 1 aromatic carbocycles. The number of carbonyl (C=O) groups excluding carboxylic acids is 1. The first-order valence-electron chi connectivity index (χ1n) is 9.24. The van der Waals surface area contributed by atoms with Gasteiger partial charge in [0, 0.05) is 57.5 Å². The Labute approximate surface area is 154 Å². The van der Waals surface area contributed by atoms with E-state index in [0.717, 1.165) is 37.5 Å². The van der Waals surface area contributed by atoms with E-state index in [1.54, 1.807) is 19.0 Å². The van der Waals surface area contributed by atoms with Crippen molar-refractivity contribution >= 4 is 16.9 Å². The maximum absolute atomic E-state index is 11.8. The molecule has 6 heteroatoms. The number of rotatable bonds is 4. The van der Waals surface area contributed by atoms with E-state index >= 15 is 0 Å². The van der Waals surface area contributed by atoms with Gasteiger partial charge in [0.1, 0.15) is 0 Å². The fourth-order valence-corrected chi connectivity index (χ4v) is 4.02. The molecule has 2 aliphatic rings. The van der Waals surface area contributed by atoms with Crippen LogP contribution in [-0.2, 0) is 11.3 Å². The van der Waals surface area contributed by atoms with Gasteiger partial charge in [0.05, 0.1) is 23.9 Å². The Kier molecular flexibility index (Phi) is 4.78. The molecule has 0 saturated carbocycles. The molecule has 0 radical (unpaired) electrons. The highest BCUT2D eigenvalue weighted by Crippen LogP contribution is 2.34. The minimum absolute atomic E-state index is 0.0383. The number of urea groups is 1. The van der Waals surface area contributed by atoms with Gasteiger partial charge in [-0.1, -0.05) is 24.3 Å². The van der Waals surface area contributed by atoms with E-state index in [9.17, 15) is 4.79 Å². The molecule has 6 nitrogen and oxygen atoms in total. The lowest BCUT2D eigenvalue weighted by atomic mass is 9.93. The molecule has 3 atom stereocenters. The van der Waals surface area contributed by atoms with E-state index in [4.69, 9.17) is 9.72 Å². The molecule has 3 heterocycles. The molecular weight excluding hydrogens is 328 g/mol. The van der Waals surface area contributed by atoms with E-state index in [1.807, 2.05) is 12.1 Å². The molecule has 1 N–H and O–H groups in total. The number of hydrogen-bond acceptors (Lipinski definition) is 4. The van der Waals surface area contributed by atoms with Crippen LogP contribution in [-0.4, -0.2) is 67.3 Å². The summed E-state index contributed by atoms with van der Waals surface area (Å²) in [6.07, 6.45) is 0.275. The minimum Gasteiger partial charge on any atom is -0.376 e. The number of pyridine rings is 1. The third kappa shape index (κ3) is 3.52. The summed E-state index contributed by atoms with van der Waals surface area (Å²) >= 11 is 0. The van der Waals surface area contributed by atoms with Crippen molar-refractivity contribution in [2.24, 2.45) is 11.8 Å². The average Bonchev–Trinajstić information content (AvgIpc) is 3.20. The first kappa shape index (κ1) is 17.2. The number of likely N-dealkylation sites (tertiary alicyclic amines) is 1. The molecule has 2 saturated heterocycles. The first-order chi connectivity index (χ1) is 12.6. The van der Waals surface area contributed by atoms with E-state index in [0.29, 0.717) is 18.4 Å². The van der Waals surface area contributed by atoms with E-state index in [1.165, 1.54) is 5.39 Å².